The number of hydrogen-bond acceptors (Lipinski definition) is 8. The lowest BCUT2D eigenvalue weighted by molar-refractivity contribution is -0.206. The molecule has 4 atom stereocenters. The fourth-order valence-corrected chi connectivity index (χ4v) is 3.06. The quantitative estimate of drug-likeness (QED) is 0.775. The highest BCUT2D eigenvalue weighted by Crippen LogP contribution is 2.43. The summed E-state index contributed by atoms with van der Waals surface area (Å²) in [6.45, 7) is 0. The van der Waals surface area contributed by atoms with Gasteiger partial charge >= 0.3 is 0 Å². The van der Waals surface area contributed by atoms with Gasteiger partial charge in [0, 0.05) is 26.4 Å². The third-order valence-corrected chi connectivity index (χ3v) is 4.21. The normalized spacial score (nSPS) is 28.1. The molecule has 24 heavy (non-hydrogen) atoms. The highest BCUT2D eigenvalue weighted by molar-refractivity contribution is 6.08. The zero-order valence-electron chi connectivity index (χ0n) is 14.3. The first-order valence-corrected chi connectivity index (χ1v) is 7.43. The van der Waals surface area contributed by atoms with Gasteiger partial charge in [0.2, 0.25) is 6.29 Å². The third kappa shape index (κ3) is 2.56. The van der Waals surface area contributed by atoms with Crippen molar-refractivity contribution in [3.05, 3.63) is 17.7 Å². The number of nitrogens with zero attached hydrogens (tertiary/aromatic N) is 1. The minimum absolute atomic E-state index is 0.267. The maximum atomic E-state index is 5.71. The molecule has 1 aromatic carbocycles. The first-order valence-electron chi connectivity index (χ1n) is 7.43. The first-order chi connectivity index (χ1) is 11.7. The van der Waals surface area contributed by atoms with Crippen LogP contribution >= 0.6 is 0 Å². The lowest BCUT2D eigenvalue weighted by Crippen LogP contribution is -2.32. The van der Waals surface area contributed by atoms with Crippen molar-refractivity contribution in [2.24, 2.45) is 11.1 Å². The Morgan fingerprint density at radius 1 is 0.875 bits per heavy atom. The molecule has 8 heteroatoms. The molecule has 2 aliphatic heterocycles. The molecule has 8 nitrogen and oxygen atoms in total. The van der Waals surface area contributed by atoms with Crippen LogP contribution in [0.5, 0.6) is 17.2 Å². The van der Waals surface area contributed by atoms with Crippen molar-refractivity contribution in [1.29, 1.82) is 0 Å². The molecule has 1 fully saturated rings. The largest absolute Gasteiger partial charge is 0.496 e. The summed E-state index contributed by atoms with van der Waals surface area (Å²) in [5.74, 6) is 1.47. The van der Waals surface area contributed by atoms with Crippen molar-refractivity contribution in [2.45, 2.75) is 18.7 Å². The number of fused-ring (bicyclic) bond motifs is 1. The van der Waals surface area contributed by atoms with Crippen molar-refractivity contribution in [3.63, 3.8) is 0 Å². The molecule has 2 aliphatic rings. The molecule has 0 aliphatic carbocycles. The predicted molar refractivity (Wildman–Crippen MR) is 83.7 cm³/mol. The molecule has 3 rings (SSSR count). The van der Waals surface area contributed by atoms with Gasteiger partial charge in [-0.05, 0) is 0 Å². The number of hydrogen-bond donors (Lipinski definition) is 0. The van der Waals surface area contributed by atoms with E-state index in [1.807, 2.05) is 0 Å². The molecule has 132 valence electrons. The van der Waals surface area contributed by atoms with Crippen molar-refractivity contribution in [2.75, 3.05) is 35.5 Å². The van der Waals surface area contributed by atoms with E-state index < -0.39 is 18.7 Å². The Morgan fingerprint density at radius 3 is 2.00 bits per heavy atom. The van der Waals surface area contributed by atoms with Gasteiger partial charge < -0.3 is 33.3 Å². The maximum Gasteiger partial charge on any atom is 0.200 e. The van der Waals surface area contributed by atoms with Gasteiger partial charge in [0.15, 0.2) is 12.4 Å². The highest BCUT2D eigenvalue weighted by Gasteiger charge is 2.54. The molecule has 1 aromatic rings. The topological polar surface area (TPSA) is 77.0 Å². The van der Waals surface area contributed by atoms with Gasteiger partial charge in [-0.25, -0.2) is 0 Å². The van der Waals surface area contributed by atoms with E-state index in [2.05, 4.69) is 5.16 Å². The minimum atomic E-state index is -0.559. The van der Waals surface area contributed by atoms with Gasteiger partial charge in [0.1, 0.15) is 28.9 Å². The second-order valence-electron chi connectivity index (χ2n) is 5.32. The lowest BCUT2D eigenvalue weighted by Gasteiger charge is -2.19. The van der Waals surface area contributed by atoms with Crippen LogP contribution in [0.2, 0.25) is 0 Å². The summed E-state index contributed by atoms with van der Waals surface area (Å²) in [4.78, 5) is 5.55. The van der Waals surface area contributed by atoms with E-state index in [4.69, 9.17) is 33.3 Å². The molecule has 1 saturated heterocycles. The van der Waals surface area contributed by atoms with Crippen molar-refractivity contribution >= 4 is 5.71 Å². The van der Waals surface area contributed by atoms with Crippen LogP contribution in [0.15, 0.2) is 17.3 Å². The van der Waals surface area contributed by atoms with Gasteiger partial charge in [-0.3, -0.25) is 0 Å². The Bertz CT molecular complexity index is 608. The molecule has 0 saturated carbocycles. The van der Waals surface area contributed by atoms with Crippen LogP contribution in [-0.4, -0.2) is 59.9 Å². The minimum Gasteiger partial charge on any atom is -0.496 e. The SMILES string of the molecule is COc1cc(OC)c(C2=NO[C@H]3[C@@H](OC)O[C@@H](OC)[C@H]23)c(OC)c1. The van der Waals surface area contributed by atoms with Gasteiger partial charge in [-0.2, -0.15) is 0 Å². The summed E-state index contributed by atoms with van der Waals surface area (Å²) in [5.41, 5.74) is 1.30. The average Bonchev–Trinajstić information content (AvgIpc) is 3.20. The summed E-state index contributed by atoms with van der Waals surface area (Å²) in [6, 6.07) is 3.53. The second kappa shape index (κ2) is 6.84. The maximum absolute atomic E-state index is 5.71. The Kier molecular flexibility index (Phi) is 4.79. The van der Waals surface area contributed by atoms with Crippen molar-refractivity contribution < 1.29 is 33.3 Å². The number of rotatable bonds is 6. The van der Waals surface area contributed by atoms with E-state index in [9.17, 15) is 0 Å². The first kappa shape index (κ1) is 16.8. The van der Waals surface area contributed by atoms with E-state index >= 15 is 0 Å². The summed E-state index contributed by atoms with van der Waals surface area (Å²) >= 11 is 0. The van der Waals surface area contributed by atoms with Gasteiger partial charge in [0.25, 0.3) is 0 Å². The van der Waals surface area contributed by atoms with E-state index in [1.165, 1.54) is 0 Å². The van der Waals surface area contributed by atoms with Crippen LogP contribution in [-0.2, 0) is 19.0 Å². The van der Waals surface area contributed by atoms with Crippen LogP contribution in [0, 0.1) is 5.92 Å². The smallest absolute Gasteiger partial charge is 0.200 e. The van der Waals surface area contributed by atoms with Gasteiger partial charge in [-0.1, -0.05) is 5.16 Å². The standard InChI is InChI=1S/C16H21NO7/c1-18-8-6-9(19-2)11(10(7-8)20-3)13-12-14(24-17-13)16(22-5)23-15(12)21-4/h6-7,12,14-16H,1-5H3/t12-,14-,15-,16+/m1/s1. The van der Waals surface area contributed by atoms with Crippen LogP contribution in [0.3, 0.4) is 0 Å². The zero-order chi connectivity index (χ0) is 17.3. The fourth-order valence-electron chi connectivity index (χ4n) is 3.06. The Morgan fingerprint density at radius 2 is 1.50 bits per heavy atom. The Labute approximate surface area is 140 Å². The molecule has 0 spiro atoms. The van der Waals surface area contributed by atoms with E-state index in [0.29, 0.717) is 28.5 Å². The molecule has 0 radical (unpaired) electrons. The van der Waals surface area contributed by atoms with Crippen LogP contribution < -0.4 is 14.2 Å². The van der Waals surface area contributed by atoms with Gasteiger partial charge in [0.05, 0.1) is 26.9 Å². The lowest BCUT2D eigenvalue weighted by atomic mass is 9.92. The average molecular weight is 339 g/mol. The van der Waals surface area contributed by atoms with Crippen LogP contribution in [0.25, 0.3) is 0 Å². The summed E-state index contributed by atoms with van der Waals surface area (Å²) in [5, 5.41) is 4.24. The summed E-state index contributed by atoms with van der Waals surface area (Å²) < 4.78 is 32.7. The monoisotopic (exact) mass is 339 g/mol. The predicted octanol–water partition coefficient (Wildman–Crippen LogP) is 1.41. The fraction of sp³-hybridized carbons (Fsp3) is 0.562. The van der Waals surface area contributed by atoms with Crippen molar-refractivity contribution in [3.8, 4) is 17.2 Å². The van der Waals surface area contributed by atoms with E-state index in [-0.39, 0.29) is 5.92 Å². The Balaban J connectivity index is 2.06. The number of benzene rings is 1. The zero-order valence-corrected chi connectivity index (χ0v) is 14.3. The molecule has 2 heterocycles. The summed E-state index contributed by atoms with van der Waals surface area (Å²) in [6.07, 6.45) is -1.50. The molecule has 0 N–H and O–H groups in total. The molecule has 0 amide bonds. The number of methoxy groups -OCH3 is 5. The van der Waals surface area contributed by atoms with E-state index in [0.717, 1.165) is 0 Å². The second-order valence-corrected chi connectivity index (χ2v) is 5.32. The van der Waals surface area contributed by atoms with Gasteiger partial charge in [-0.15, -0.1) is 0 Å². The summed E-state index contributed by atoms with van der Waals surface area (Å²) in [7, 11) is 7.84. The number of oxime groups is 1. The van der Waals surface area contributed by atoms with Crippen LogP contribution in [0.4, 0.5) is 0 Å². The molecule has 0 unspecified atom stereocenters. The Hall–Kier alpha value is -2.03. The highest BCUT2D eigenvalue weighted by atomic mass is 16.8. The number of ether oxygens (including phenoxy) is 6. The van der Waals surface area contributed by atoms with Crippen LogP contribution in [0.1, 0.15) is 5.56 Å². The van der Waals surface area contributed by atoms with E-state index in [1.54, 1.807) is 47.7 Å². The molecular formula is C16H21NO7. The third-order valence-electron chi connectivity index (χ3n) is 4.21. The molecular weight excluding hydrogens is 318 g/mol. The molecule has 0 aromatic heterocycles. The van der Waals surface area contributed by atoms with Crippen molar-refractivity contribution in [1.82, 2.24) is 0 Å². The molecule has 0 bridgehead atoms.